The van der Waals surface area contributed by atoms with Crippen LogP contribution in [0.3, 0.4) is 0 Å². The molecule has 3 nitrogen and oxygen atoms in total. The average Bonchev–Trinajstić information content (AvgIpc) is 2.22. The van der Waals surface area contributed by atoms with E-state index >= 15 is 0 Å². The first-order chi connectivity index (χ1) is 7.91. The second-order valence-electron chi connectivity index (χ2n) is 6.23. The first kappa shape index (κ1) is 14.9. The Kier molecular flexibility index (Phi) is 5.90. The van der Waals surface area contributed by atoms with Crippen LogP contribution in [0.25, 0.3) is 0 Å². The summed E-state index contributed by atoms with van der Waals surface area (Å²) in [6.45, 7) is 9.30. The molecular weight excluding hydrogens is 210 g/mol. The van der Waals surface area contributed by atoms with E-state index < -0.39 is 0 Å². The van der Waals surface area contributed by atoms with Crippen molar-refractivity contribution in [3.05, 3.63) is 0 Å². The number of hydrogen-bond donors (Lipinski definition) is 1. The second-order valence-corrected chi connectivity index (χ2v) is 6.23. The van der Waals surface area contributed by atoms with Crippen molar-refractivity contribution in [2.75, 3.05) is 34.2 Å². The largest absolute Gasteiger partial charge is 0.312 e. The van der Waals surface area contributed by atoms with Gasteiger partial charge in [0.1, 0.15) is 0 Å². The van der Waals surface area contributed by atoms with Gasteiger partial charge in [0.25, 0.3) is 0 Å². The molecule has 0 radical (unpaired) electrons. The van der Waals surface area contributed by atoms with Gasteiger partial charge in [0.15, 0.2) is 0 Å². The number of rotatable bonds is 5. The highest BCUT2D eigenvalue weighted by Crippen LogP contribution is 2.16. The van der Waals surface area contributed by atoms with Crippen molar-refractivity contribution in [3.8, 4) is 0 Å². The maximum atomic E-state index is 3.77. The standard InChI is InChI=1S/C14H31N3/c1-11(2)14(16(4)5)10-15-13-7-8-17(6)12(3)9-13/h11-15H,7-10H2,1-6H3. The first-order valence-electron chi connectivity index (χ1n) is 7.01. The van der Waals surface area contributed by atoms with Gasteiger partial charge < -0.3 is 15.1 Å². The Morgan fingerprint density at radius 3 is 2.47 bits per heavy atom. The van der Waals surface area contributed by atoms with E-state index in [9.17, 15) is 0 Å². The van der Waals surface area contributed by atoms with E-state index in [4.69, 9.17) is 0 Å². The molecule has 1 heterocycles. The summed E-state index contributed by atoms with van der Waals surface area (Å²) in [5, 5.41) is 3.77. The number of likely N-dealkylation sites (N-methyl/N-ethyl adjacent to an activating group) is 1. The van der Waals surface area contributed by atoms with Gasteiger partial charge in [0, 0.05) is 24.7 Å². The van der Waals surface area contributed by atoms with Crippen molar-refractivity contribution in [1.82, 2.24) is 15.1 Å². The first-order valence-corrected chi connectivity index (χ1v) is 7.01. The molecule has 1 saturated heterocycles. The molecule has 3 atom stereocenters. The third kappa shape index (κ3) is 4.57. The quantitative estimate of drug-likeness (QED) is 0.789. The Balaban J connectivity index is 2.34. The minimum atomic E-state index is 0.643. The van der Waals surface area contributed by atoms with Crippen molar-refractivity contribution in [3.63, 3.8) is 0 Å². The predicted octanol–water partition coefficient (Wildman–Crippen LogP) is 1.64. The van der Waals surface area contributed by atoms with Crippen molar-refractivity contribution in [2.45, 2.75) is 51.7 Å². The van der Waals surface area contributed by atoms with Gasteiger partial charge in [-0.3, -0.25) is 0 Å². The summed E-state index contributed by atoms with van der Waals surface area (Å²) >= 11 is 0. The molecule has 1 aliphatic heterocycles. The van der Waals surface area contributed by atoms with Gasteiger partial charge in [-0.25, -0.2) is 0 Å². The molecule has 3 unspecified atom stereocenters. The van der Waals surface area contributed by atoms with Crippen molar-refractivity contribution in [2.24, 2.45) is 5.92 Å². The van der Waals surface area contributed by atoms with Crippen LogP contribution in [0.15, 0.2) is 0 Å². The molecular formula is C14H31N3. The van der Waals surface area contributed by atoms with Crippen LogP contribution in [0.5, 0.6) is 0 Å². The monoisotopic (exact) mass is 241 g/mol. The molecule has 0 bridgehead atoms. The van der Waals surface area contributed by atoms with Crippen molar-refractivity contribution in [1.29, 1.82) is 0 Å². The van der Waals surface area contributed by atoms with Gasteiger partial charge in [-0.1, -0.05) is 13.8 Å². The Labute approximate surface area is 108 Å². The summed E-state index contributed by atoms with van der Waals surface area (Å²) in [5.74, 6) is 0.709. The lowest BCUT2D eigenvalue weighted by molar-refractivity contribution is 0.155. The number of piperidine rings is 1. The van der Waals surface area contributed by atoms with Gasteiger partial charge >= 0.3 is 0 Å². The average molecular weight is 241 g/mol. The van der Waals surface area contributed by atoms with Crippen LogP contribution in [-0.4, -0.2) is 62.2 Å². The molecule has 1 fully saturated rings. The molecule has 0 saturated carbocycles. The highest BCUT2D eigenvalue weighted by atomic mass is 15.2. The second kappa shape index (κ2) is 6.72. The Morgan fingerprint density at radius 1 is 1.35 bits per heavy atom. The van der Waals surface area contributed by atoms with Crippen LogP contribution in [-0.2, 0) is 0 Å². The molecule has 1 N–H and O–H groups in total. The molecule has 0 aromatic carbocycles. The highest BCUT2D eigenvalue weighted by Gasteiger charge is 2.24. The zero-order chi connectivity index (χ0) is 13.0. The van der Waals surface area contributed by atoms with E-state index in [0.29, 0.717) is 18.0 Å². The molecule has 17 heavy (non-hydrogen) atoms. The maximum absolute atomic E-state index is 3.77. The normalized spacial score (nSPS) is 28.9. The number of nitrogens with zero attached hydrogens (tertiary/aromatic N) is 2. The zero-order valence-electron chi connectivity index (χ0n) is 12.5. The van der Waals surface area contributed by atoms with Crippen LogP contribution in [0.2, 0.25) is 0 Å². The fourth-order valence-electron chi connectivity index (χ4n) is 2.78. The zero-order valence-corrected chi connectivity index (χ0v) is 12.5. The summed E-state index contributed by atoms with van der Waals surface area (Å²) in [6.07, 6.45) is 2.58. The van der Waals surface area contributed by atoms with E-state index in [2.05, 4.69) is 57.0 Å². The number of nitrogens with one attached hydrogen (secondary N) is 1. The van der Waals surface area contributed by atoms with Gasteiger partial charge in [-0.2, -0.15) is 0 Å². The Hall–Kier alpha value is -0.120. The van der Waals surface area contributed by atoms with Gasteiger partial charge in [0.05, 0.1) is 0 Å². The van der Waals surface area contributed by atoms with Crippen LogP contribution >= 0.6 is 0 Å². The molecule has 0 aliphatic carbocycles. The summed E-state index contributed by atoms with van der Waals surface area (Å²) in [5.41, 5.74) is 0. The summed E-state index contributed by atoms with van der Waals surface area (Å²) < 4.78 is 0. The van der Waals surface area contributed by atoms with E-state index in [1.165, 1.54) is 19.4 Å². The molecule has 3 heteroatoms. The number of hydrogen-bond acceptors (Lipinski definition) is 3. The van der Waals surface area contributed by atoms with E-state index in [1.807, 2.05) is 0 Å². The van der Waals surface area contributed by atoms with Crippen molar-refractivity contribution < 1.29 is 0 Å². The van der Waals surface area contributed by atoms with Crippen LogP contribution < -0.4 is 5.32 Å². The Bertz CT molecular complexity index is 208. The van der Waals surface area contributed by atoms with E-state index in [0.717, 1.165) is 12.6 Å². The van der Waals surface area contributed by atoms with Gasteiger partial charge in [-0.15, -0.1) is 0 Å². The van der Waals surface area contributed by atoms with Crippen molar-refractivity contribution >= 4 is 0 Å². The third-order valence-electron chi connectivity index (χ3n) is 4.26. The molecule has 0 aromatic rings. The lowest BCUT2D eigenvalue weighted by Gasteiger charge is -2.37. The van der Waals surface area contributed by atoms with Crippen LogP contribution in [0, 0.1) is 5.92 Å². The lowest BCUT2D eigenvalue weighted by Crippen LogP contribution is -2.50. The smallest absolute Gasteiger partial charge is 0.0237 e. The number of likely N-dealkylation sites (tertiary alicyclic amines) is 1. The fourth-order valence-corrected chi connectivity index (χ4v) is 2.78. The van der Waals surface area contributed by atoms with Crippen LogP contribution in [0.1, 0.15) is 33.6 Å². The predicted molar refractivity (Wildman–Crippen MR) is 75.4 cm³/mol. The summed E-state index contributed by atoms with van der Waals surface area (Å²) in [4.78, 5) is 4.81. The summed E-state index contributed by atoms with van der Waals surface area (Å²) in [6, 6.07) is 2.07. The molecule has 102 valence electrons. The van der Waals surface area contributed by atoms with Crippen LogP contribution in [0.4, 0.5) is 0 Å². The molecule has 1 rings (SSSR count). The maximum Gasteiger partial charge on any atom is 0.0237 e. The summed E-state index contributed by atoms with van der Waals surface area (Å²) in [7, 11) is 6.60. The molecule has 0 spiro atoms. The highest BCUT2D eigenvalue weighted by molar-refractivity contribution is 4.83. The Morgan fingerprint density at radius 2 is 2.00 bits per heavy atom. The minimum Gasteiger partial charge on any atom is -0.312 e. The third-order valence-corrected chi connectivity index (χ3v) is 4.26. The van der Waals surface area contributed by atoms with E-state index in [-0.39, 0.29) is 0 Å². The van der Waals surface area contributed by atoms with Gasteiger partial charge in [-0.05, 0) is 53.4 Å². The fraction of sp³-hybridized carbons (Fsp3) is 1.00. The lowest BCUT2D eigenvalue weighted by atomic mass is 9.97. The minimum absolute atomic E-state index is 0.643. The molecule has 1 aliphatic rings. The van der Waals surface area contributed by atoms with Gasteiger partial charge in [0.2, 0.25) is 0 Å². The SMILES string of the molecule is CC(C)C(CNC1CCN(C)C(C)C1)N(C)C. The van der Waals surface area contributed by atoms with E-state index in [1.54, 1.807) is 0 Å². The molecule has 0 aromatic heterocycles. The topological polar surface area (TPSA) is 18.5 Å². The molecule has 0 amide bonds.